The molecule has 2 aromatic carbocycles. The lowest BCUT2D eigenvalue weighted by molar-refractivity contribution is -0.125. The number of ether oxygens (including phenoxy) is 2. The van der Waals surface area contributed by atoms with Crippen molar-refractivity contribution in [3.63, 3.8) is 0 Å². The predicted octanol–water partition coefficient (Wildman–Crippen LogP) is 5.17. The number of pyridine rings is 1. The van der Waals surface area contributed by atoms with E-state index >= 15 is 0 Å². The Labute approximate surface area is 198 Å². The van der Waals surface area contributed by atoms with Crippen LogP contribution in [0.2, 0.25) is 0 Å². The molecule has 34 heavy (non-hydrogen) atoms. The van der Waals surface area contributed by atoms with Crippen LogP contribution < -0.4 is 9.47 Å². The molecule has 7 nitrogen and oxygen atoms in total. The van der Waals surface area contributed by atoms with Crippen molar-refractivity contribution in [1.29, 1.82) is 0 Å². The number of carbonyl (C=O) groups excluding carboxylic acids is 1. The Morgan fingerprint density at radius 2 is 2.00 bits per heavy atom. The summed E-state index contributed by atoms with van der Waals surface area (Å²) in [5.74, 6) is 2.07. The number of amides is 1. The molecule has 1 saturated heterocycles. The van der Waals surface area contributed by atoms with Crippen LogP contribution in [0.4, 0.5) is 0 Å². The summed E-state index contributed by atoms with van der Waals surface area (Å²) in [6, 6.07) is 15.8. The summed E-state index contributed by atoms with van der Waals surface area (Å²) in [5, 5.41) is 5.94. The first-order valence-electron chi connectivity index (χ1n) is 11.2. The highest BCUT2D eigenvalue weighted by Crippen LogP contribution is 2.36. The maximum Gasteiger partial charge on any atom is 0.246 e. The lowest BCUT2D eigenvalue weighted by atomic mass is 10.1. The molecule has 2 aromatic heterocycles. The zero-order valence-electron chi connectivity index (χ0n) is 19.3. The highest BCUT2D eigenvalue weighted by Gasteiger charge is 2.28. The molecular formula is C27H26N4O3. The van der Waals surface area contributed by atoms with Crippen molar-refractivity contribution in [2.75, 3.05) is 20.2 Å². The smallest absolute Gasteiger partial charge is 0.246 e. The van der Waals surface area contributed by atoms with Gasteiger partial charge in [0.15, 0.2) is 11.5 Å². The van der Waals surface area contributed by atoms with Gasteiger partial charge in [-0.2, -0.15) is 5.10 Å². The maximum absolute atomic E-state index is 12.1. The van der Waals surface area contributed by atoms with Crippen molar-refractivity contribution in [3.8, 4) is 28.5 Å². The highest BCUT2D eigenvalue weighted by molar-refractivity contribution is 5.93. The van der Waals surface area contributed by atoms with Crippen molar-refractivity contribution in [2.24, 2.45) is 0 Å². The van der Waals surface area contributed by atoms with Gasteiger partial charge in [-0.1, -0.05) is 18.7 Å². The second-order valence-corrected chi connectivity index (χ2v) is 8.35. The Morgan fingerprint density at radius 1 is 1.18 bits per heavy atom. The fourth-order valence-corrected chi connectivity index (χ4v) is 4.52. The van der Waals surface area contributed by atoms with Crippen LogP contribution in [-0.4, -0.2) is 45.8 Å². The fraction of sp³-hybridized carbons (Fsp3) is 0.222. The van der Waals surface area contributed by atoms with Gasteiger partial charge in [0.05, 0.1) is 18.7 Å². The molecule has 172 valence electrons. The molecule has 0 bridgehead atoms. The number of likely N-dealkylation sites (tertiary alicyclic amines) is 1. The standard InChI is InChI=1S/C27H26N4O3/c1-4-25(32)30-15-13-20(17-30)31-23-12-14-28-16-22(23)26(29-31)19-8-10-21(11-9-19)34-24-7-5-6-18(2)27(24)33-3/h4-12,14,16,20H,1,13,15,17H2,2-3H3/t20-/m1/s1. The van der Waals surface area contributed by atoms with Gasteiger partial charge < -0.3 is 14.4 Å². The summed E-state index contributed by atoms with van der Waals surface area (Å²) in [7, 11) is 1.64. The van der Waals surface area contributed by atoms with E-state index in [1.807, 2.05) is 71.2 Å². The second-order valence-electron chi connectivity index (χ2n) is 8.35. The molecule has 7 heteroatoms. The largest absolute Gasteiger partial charge is 0.493 e. The van der Waals surface area contributed by atoms with Gasteiger partial charge in [-0.25, -0.2) is 0 Å². The number of aryl methyl sites for hydroxylation is 1. The van der Waals surface area contributed by atoms with E-state index in [0.29, 0.717) is 24.6 Å². The number of rotatable bonds is 6. The number of methoxy groups -OCH3 is 1. The maximum atomic E-state index is 12.1. The Morgan fingerprint density at radius 3 is 2.76 bits per heavy atom. The molecule has 1 fully saturated rings. The minimum Gasteiger partial charge on any atom is -0.493 e. The van der Waals surface area contributed by atoms with E-state index in [1.54, 1.807) is 13.3 Å². The minimum absolute atomic E-state index is 0.0401. The zero-order chi connectivity index (χ0) is 23.7. The number of hydrogen-bond acceptors (Lipinski definition) is 5. The first-order valence-corrected chi connectivity index (χ1v) is 11.2. The van der Waals surface area contributed by atoms with Crippen molar-refractivity contribution in [2.45, 2.75) is 19.4 Å². The number of aromatic nitrogens is 3. The molecule has 1 aliphatic heterocycles. The van der Waals surface area contributed by atoms with Crippen LogP contribution in [0.15, 0.2) is 73.6 Å². The van der Waals surface area contributed by atoms with E-state index < -0.39 is 0 Å². The molecule has 0 N–H and O–H groups in total. The van der Waals surface area contributed by atoms with Gasteiger partial charge in [0.2, 0.25) is 5.91 Å². The number of para-hydroxylation sites is 1. The van der Waals surface area contributed by atoms with Gasteiger partial charge in [0, 0.05) is 36.4 Å². The predicted molar refractivity (Wildman–Crippen MR) is 131 cm³/mol. The molecule has 0 saturated carbocycles. The lowest BCUT2D eigenvalue weighted by Gasteiger charge is -2.15. The van der Waals surface area contributed by atoms with E-state index in [9.17, 15) is 4.79 Å². The van der Waals surface area contributed by atoms with Gasteiger partial charge in [-0.15, -0.1) is 0 Å². The monoisotopic (exact) mass is 454 g/mol. The van der Waals surface area contributed by atoms with E-state index in [2.05, 4.69) is 11.6 Å². The molecule has 1 amide bonds. The van der Waals surface area contributed by atoms with E-state index in [0.717, 1.165) is 39.9 Å². The summed E-state index contributed by atoms with van der Waals surface area (Å²) >= 11 is 0. The third-order valence-electron chi connectivity index (χ3n) is 6.24. The third kappa shape index (κ3) is 3.90. The molecule has 4 aromatic rings. The first-order chi connectivity index (χ1) is 16.6. The van der Waals surface area contributed by atoms with E-state index in [4.69, 9.17) is 14.6 Å². The van der Waals surface area contributed by atoms with Gasteiger partial charge >= 0.3 is 0 Å². The Balaban J connectivity index is 1.45. The minimum atomic E-state index is -0.0401. The molecular weight excluding hydrogens is 428 g/mol. The molecule has 0 radical (unpaired) electrons. The number of fused-ring (bicyclic) bond motifs is 1. The van der Waals surface area contributed by atoms with Crippen molar-refractivity contribution < 1.29 is 14.3 Å². The zero-order valence-corrected chi connectivity index (χ0v) is 19.3. The quantitative estimate of drug-likeness (QED) is 0.376. The average Bonchev–Trinajstić information content (AvgIpc) is 3.50. The van der Waals surface area contributed by atoms with Crippen molar-refractivity contribution in [1.82, 2.24) is 19.7 Å². The molecule has 5 rings (SSSR count). The highest BCUT2D eigenvalue weighted by atomic mass is 16.5. The van der Waals surface area contributed by atoms with Crippen molar-refractivity contribution in [3.05, 3.63) is 79.1 Å². The molecule has 3 heterocycles. The topological polar surface area (TPSA) is 69.5 Å². The number of carbonyl (C=O) groups is 1. The molecule has 1 atom stereocenters. The molecule has 0 unspecified atom stereocenters. The summed E-state index contributed by atoms with van der Waals surface area (Å²) < 4.78 is 13.6. The first kappa shape index (κ1) is 21.7. The van der Waals surface area contributed by atoms with E-state index in [-0.39, 0.29) is 11.9 Å². The Kier molecular flexibility index (Phi) is 5.76. The number of nitrogens with zero attached hydrogens (tertiary/aromatic N) is 4. The van der Waals surface area contributed by atoms with Gasteiger partial charge in [0.25, 0.3) is 0 Å². The van der Waals surface area contributed by atoms with Gasteiger partial charge in [-0.3, -0.25) is 14.5 Å². The summed E-state index contributed by atoms with van der Waals surface area (Å²) in [6.07, 6.45) is 5.84. The Bertz CT molecular complexity index is 1360. The van der Waals surface area contributed by atoms with Gasteiger partial charge in [0.1, 0.15) is 11.4 Å². The number of hydrogen-bond donors (Lipinski definition) is 0. The van der Waals surface area contributed by atoms with Crippen molar-refractivity contribution >= 4 is 16.8 Å². The van der Waals surface area contributed by atoms with E-state index in [1.165, 1.54) is 6.08 Å². The summed E-state index contributed by atoms with van der Waals surface area (Å²) in [4.78, 5) is 18.2. The van der Waals surface area contributed by atoms with Crippen LogP contribution in [0, 0.1) is 6.92 Å². The van der Waals surface area contributed by atoms with Crippen LogP contribution in [0.3, 0.4) is 0 Å². The van der Waals surface area contributed by atoms with Crippen LogP contribution in [0.1, 0.15) is 18.0 Å². The van der Waals surface area contributed by atoms with Crippen LogP contribution >= 0.6 is 0 Å². The molecule has 0 spiro atoms. The van der Waals surface area contributed by atoms with Gasteiger partial charge in [-0.05, 0) is 61.4 Å². The normalized spacial score (nSPS) is 15.5. The third-order valence-corrected chi connectivity index (χ3v) is 6.24. The SMILES string of the molecule is C=CC(=O)N1CC[C@@H](n2nc(-c3ccc(Oc4cccc(C)c4OC)cc3)c3cnccc32)C1. The summed E-state index contributed by atoms with van der Waals surface area (Å²) in [5.41, 5.74) is 3.85. The van der Waals surface area contributed by atoms with Crippen LogP contribution in [0.5, 0.6) is 17.2 Å². The number of benzene rings is 2. The lowest BCUT2D eigenvalue weighted by Crippen LogP contribution is -2.27. The van der Waals surface area contributed by atoms with Crippen LogP contribution in [-0.2, 0) is 4.79 Å². The molecule has 1 aliphatic rings. The second kappa shape index (κ2) is 9.02. The fourth-order valence-electron chi connectivity index (χ4n) is 4.52. The van der Waals surface area contributed by atoms with Crippen LogP contribution in [0.25, 0.3) is 22.2 Å². The Hall–Kier alpha value is -4.13. The molecule has 0 aliphatic carbocycles. The summed E-state index contributed by atoms with van der Waals surface area (Å²) in [6.45, 7) is 6.91. The average molecular weight is 455 g/mol.